The first-order valence-electron chi connectivity index (χ1n) is 13.4. The molecule has 0 saturated carbocycles. The van der Waals surface area contributed by atoms with E-state index in [2.05, 4.69) is 46.5 Å². The van der Waals surface area contributed by atoms with Crippen LogP contribution in [0.4, 0.5) is 0 Å². The maximum absolute atomic E-state index is 13.3. The standard InChI is InChI=1S/C30H33N6O3P/c1-3-38-40(37,39-4-2)21-20-28(35-23-31-22-33-35)29-32-24-36(34-29)30(25-14-8-5-9-15-25,26-16-10-6-11-17-26)27-18-12-7-13-19-27/h5-19,22-24,28H,3-4,20-21H2,1-2H3. The Labute approximate surface area is 234 Å². The van der Waals surface area contributed by atoms with Gasteiger partial charge in [-0.05, 0) is 37.0 Å². The summed E-state index contributed by atoms with van der Waals surface area (Å²) in [5.74, 6) is 0.525. The molecule has 1 unspecified atom stereocenters. The van der Waals surface area contributed by atoms with Gasteiger partial charge in [-0.2, -0.15) is 10.2 Å². The summed E-state index contributed by atoms with van der Waals surface area (Å²) < 4.78 is 28.0. The molecule has 0 saturated heterocycles. The molecule has 0 aliphatic rings. The first kappa shape index (κ1) is 27.6. The van der Waals surface area contributed by atoms with Crippen LogP contribution >= 0.6 is 7.60 Å². The van der Waals surface area contributed by atoms with Crippen molar-refractivity contribution in [3.63, 3.8) is 0 Å². The Morgan fingerprint density at radius 1 is 0.800 bits per heavy atom. The van der Waals surface area contributed by atoms with Gasteiger partial charge in [0.1, 0.15) is 30.6 Å². The van der Waals surface area contributed by atoms with Crippen molar-refractivity contribution in [3.05, 3.63) is 132 Å². The second-order valence-corrected chi connectivity index (χ2v) is 11.4. The zero-order valence-electron chi connectivity index (χ0n) is 22.7. The van der Waals surface area contributed by atoms with Gasteiger partial charge in [0.2, 0.25) is 0 Å². The highest BCUT2D eigenvalue weighted by molar-refractivity contribution is 7.53. The lowest BCUT2D eigenvalue weighted by atomic mass is 9.77. The SMILES string of the molecule is CCOP(=O)(CCC(c1ncn(C(c2ccccc2)(c2ccccc2)c2ccccc2)n1)n1cncn1)OCC. The summed E-state index contributed by atoms with van der Waals surface area (Å²) in [5, 5.41) is 9.48. The predicted octanol–water partition coefficient (Wildman–Crippen LogP) is 5.96. The van der Waals surface area contributed by atoms with Crippen molar-refractivity contribution in [2.24, 2.45) is 0 Å². The fraction of sp³-hybridized carbons (Fsp3) is 0.267. The lowest BCUT2D eigenvalue weighted by Crippen LogP contribution is -2.38. The van der Waals surface area contributed by atoms with Gasteiger partial charge in [0.05, 0.1) is 19.4 Å². The number of aromatic nitrogens is 6. The van der Waals surface area contributed by atoms with E-state index in [1.54, 1.807) is 31.2 Å². The van der Waals surface area contributed by atoms with E-state index in [-0.39, 0.29) is 6.16 Å². The third kappa shape index (κ3) is 5.54. The summed E-state index contributed by atoms with van der Waals surface area (Å²) in [4.78, 5) is 8.94. The van der Waals surface area contributed by atoms with Gasteiger partial charge in [-0.25, -0.2) is 19.3 Å². The van der Waals surface area contributed by atoms with Crippen LogP contribution in [0.25, 0.3) is 0 Å². The predicted molar refractivity (Wildman–Crippen MR) is 153 cm³/mol. The van der Waals surface area contributed by atoms with Gasteiger partial charge in [-0.3, -0.25) is 4.57 Å². The molecule has 0 bridgehead atoms. The number of hydrogen-bond acceptors (Lipinski definition) is 7. The van der Waals surface area contributed by atoms with Crippen molar-refractivity contribution in [1.29, 1.82) is 0 Å². The number of nitrogens with zero attached hydrogens (tertiary/aromatic N) is 6. The van der Waals surface area contributed by atoms with E-state index in [4.69, 9.17) is 19.1 Å². The smallest absolute Gasteiger partial charge is 0.309 e. The monoisotopic (exact) mass is 556 g/mol. The van der Waals surface area contributed by atoms with Gasteiger partial charge in [0.15, 0.2) is 5.82 Å². The molecule has 1 atom stereocenters. The average Bonchev–Trinajstić information content (AvgIpc) is 3.70. The van der Waals surface area contributed by atoms with Crippen LogP contribution in [0.1, 0.15) is 48.8 Å². The molecular formula is C30H33N6O3P. The Bertz CT molecular complexity index is 1400. The number of rotatable bonds is 13. The highest BCUT2D eigenvalue weighted by Crippen LogP contribution is 2.49. The van der Waals surface area contributed by atoms with Crippen LogP contribution in [0.2, 0.25) is 0 Å². The Morgan fingerprint density at radius 2 is 1.32 bits per heavy atom. The molecule has 9 nitrogen and oxygen atoms in total. The fourth-order valence-electron chi connectivity index (χ4n) is 5.12. The van der Waals surface area contributed by atoms with Gasteiger partial charge in [0, 0.05) is 0 Å². The largest absolute Gasteiger partial charge is 0.330 e. The highest BCUT2D eigenvalue weighted by atomic mass is 31.2. The fourth-order valence-corrected chi connectivity index (χ4v) is 6.80. The Balaban J connectivity index is 1.64. The maximum Gasteiger partial charge on any atom is 0.330 e. The van der Waals surface area contributed by atoms with Crippen LogP contribution in [0.3, 0.4) is 0 Å². The summed E-state index contributed by atoms with van der Waals surface area (Å²) in [6.45, 7) is 4.21. The minimum absolute atomic E-state index is 0.189. The molecule has 5 aromatic rings. The van der Waals surface area contributed by atoms with E-state index in [1.807, 2.05) is 59.3 Å². The highest BCUT2D eigenvalue weighted by Gasteiger charge is 2.40. The molecule has 0 spiro atoms. The van der Waals surface area contributed by atoms with Gasteiger partial charge in [0.25, 0.3) is 0 Å². The minimum atomic E-state index is -3.29. The second kappa shape index (κ2) is 12.5. The van der Waals surface area contributed by atoms with Gasteiger partial charge in [-0.1, -0.05) is 91.0 Å². The summed E-state index contributed by atoms with van der Waals surface area (Å²) in [6.07, 6.45) is 5.43. The summed E-state index contributed by atoms with van der Waals surface area (Å²) in [5.41, 5.74) is 2.32. The topological polar surface area (TPSA) is 97.0 Å². The van der Waals surface area contributed by atoms with Crippen molar-refractivity contribution in [1.82, 2.24) is 29.5 Å². The third-order valence-electron chi connectivity index (χ3n) is 6.81. The van der Waals surface area contributed by atoms with Gasteiger partial charge in [-0.15, -0.1) is 0 Å². The molecule has 0 radical (unpaired) electrons. The van der Waals surface area contributed by atoms with Crippen LogP contribution in [0.5, 0.6) is 0 Å². The zero-order valence-corrected chi connectivity index (χ0v) is 23.5. The molecule has 0 aliphatic heterocycles. The molecule has 2 heterocycles. The minimum Gasteiger partial charge on any atom is -0.309 e. The Morgan fingerprint density at radius 3 is 1.77 bits per heavy atom. The summed E-state index contributed by atoms with van der Waals surface area (Å²) in [7, 11) is -3.29. The van der Waals surface area contributed by atoms with Crippen LogP contribution in [0.15, 0.2) is 110 Å². The van der Waals surface area contributed by atoms with Crippen LogP contribution in [-0.4, -0.2) is 48.9 Å². The van der Waals surface area contributed by atoms with E-state index in [0.29, 0.717) is 25.5 Å². The zero-order chi connectivity index (χ0) is 27.8. The molecule has 0 N–H and O–H groups in total. The molecule has 5 rings (SSSR count). The van der Waals surface area contributed by atoms with Crippen molar-refractivity contribution in [2.45, 2.75) is 31.8 Å². The first-order chi connectivity index (χ1) is 19.6. The second-order valence-electron chi connectivity index (χ2n) is 9.21. The molecule has 0 fully saturated rings. The first-order valence-corrected chi connectivity index (χ1v) is 15.1. The lowest BCUT2D eigenvalue weighted by Gasteiger charge is -2.36. The molecule has 0 aliphatic carbocycles. The Kier molecular flexibility index (Phi) is 8.65. The van der Waals surface area contributed by atoms with E-state index < -0.39 is 19.2 Å². The quantitative estimate of drug-likeness (QED) is 0.130. The van der Waals surface area contributed by atoms with Gasteiger partial charge < -0.3 is 9.05 Å². The lowest BCUT2D eigenvalue weighted by molar-refractivity contribution is 0.218. The normalized spacial score (nSPS) is 12.8. The van der Waals surface area contributed by atoms with Crippen LogP contribution in [0, 0.1) is 0 Å². The van der Waals surface area contributed by atoms with Crippen molar-refractivity contribution < 1.29 is 13.6 Å². The number of benzene rings is 3. The average molecular weight is 557 g/mol. The summed E-state index contributed by atoms with van der Waals surface area (Å²) >= 11 is 0. The van der Waals surface area contributed by atoms with Crippen LogP contribution in [-0.2, 0) is 19.2 Å². The number of hydrogen-bond donors (Lipinski definition) is 0. The molecule has 10 heteroatoms. The molecular weight excluding hydrogens is 523 g/mol. The van der Waals surface area contributed by atoms with E-state index in [9.17, 15) is 4.57 Å². The summed E-state index contributed by atoms with van der Waals surface area (Å²) in [6, 6.07) is 30.4. The van der Waals surface area contributed by atoms with Crippen molar-refractivity contribution in [2.75, 3.05) is 19.4 Å². The Hall–Kier alpha value is -3.91. The van der Waals surface area contributed by atoms with E-state index >= 15 is 0 Å². The van der Waals surface area contributed by atoms with E-state index in [1.165, 1.54) is 6.33 Å². The van der Waals surface area contributed by atoms with Crippen molar-refractivity contribution >= 4 is 7.60 Å². The van der Waals surface area contributed by atoms with Gasteiger partial charge >= 0.3 is 7.60 Å². The molecule has 3 aromatic carbocycles. The molecule has 40 heavy (non-hydrogen) atoms. The van der Waals surface area contributed by atoms with Crippen LogP contribution < -0.4 is 0 Å². The van der Waals surface area contributed by atoms with E-state index in [0.717, 1.165) is 16.7 Å². The maximum atomic E-state index is 13.3. The third-order valence-corrected chi connectivity index (χ3v) is 8.92. The molecule has 0 amide bonds. The molecule has 206 valence electrons. The van der Waals surface area contributed by atoms with Crippen molar-refractivity contribution in [3.8, 4) is 0 Å². The molecule has 2 aromatic heterocycles.